The van der Waals surface area contributed by atoms with Gasteiger partial charge in [-0.25, -0.2) is 4.98 Å². The highest BCUT2D eigenvalue weighted by Crippen LogP contribution is 2.29. The molecule has 0 unspecified atom stereocenters. The van der Waals surface area contributed by atoms with Crippen LogP contribution in [0.25, 0.3) is 16.7 Å². The topological polar surface area (TPSA) is 38.1 Å². The number of fused-ring (bicyclic) bond motifs is 1. The van der Waals surface area contributed by atoms with Gasteiger partial charge in [-0.2, -0.15) is 0 Å². The first-order chi connectivity index (χ1) is 14.1. The second kappa shape index (κ2) is 8.53. The Morgan fingerprint density at radius 3 is 2.24 bits per heavy atom. The fourth-order valence-corrected chi connectivity index (χ4v) is 4.33. The Morgan fingerprint density at radius 2 is 1.55 bits per heavy atom. The lowest BCUT2D eigenvalue weighted by Crippen LogP contribution is -2.38. The second-order valence-electron chi connectivity index (χ2n) is 7.04. The Kier molecular flexibility index (Phi) is 5.67. The number of carbonyl (C=O) groups excluding carboxylic acids is 1. The Labute approximate surface area is 175 Å². The molecule has 0 atom stereocenters. The van der Waals surface area contributed by atoms with Crippen LogP contribution in [0.15, 0.2) is 90.1 Å². The average molecular weight is 402 g/mol. The van der Waals surface area contributed by atoms with E-state index in [0.29, 0.717) is 5.75 Å². The van der Waals surface area contributed by atoms with Gasteiger partial charge in [0.05, 0.1) is 16.8 Å². The van der Waals surface area contributed by atoms with Crippen molar-refractivity contribution in [3.8, 4) is 5.69 Å². The number of benzene rings is 3. The van der Waals surface area contributed by atoms with Crippen LogP contribution in [0.3, 0.4) is 0 Å². The largest absolute Gasteiger partial charge is 0.309 e. The Hall–Kier alpha value is -3.05. The molecular formula is C24H23N3OS. The van der Waals surface area contributed by atoms with Crippen LogP contribution in [0, 0.1) is 0 Å². The molecule has 146 valence electrons. The molecule has 0 aliphatic heterocycles. The molecule has 3 aromatic carbocycles. The number of rotatable bonds is 6. The normalized spacial score (nSPS) is 11.1. The van der Waals surface area contributed by atoms with Crippen LogP contribution in [-0.2, 0) is 4.79 Å². The molecule has 1 amide bonds. The van der Waals surface area contributed by atoms with Gasteiger partial charge in [-0.3, -0.25) is 9.36 Å². The molecule has 4 aromatic rings. The first kappa shape index (κ1) is 19.3. The molecule has 0 fully saturated rings. The lowest BCUT2D eigenvalue weighted by atomic mass is 10.2. The van der Waals surface area contributed by atoms with Gasteiger partial charge < -0.3 is 4.90 Å². The molecule has 4 rings (SSSR count). The zero-order valence-corrected chi connectivity index (χ0v) is 17.3. The van der Waals surface area contributed by atoms with Crippen LogP contribution in [0.4, 0.5) is 5.69 Å². The van der Waals surface area contributed by atoms with E-state index in [1.54, 1.807) is 0 Å². The zero-order chi connectivity index (χ0) is 20.2. The summed E-state index contributed by atoms with van der Waals surface area (Å²) in [6.07, 6.45) is 0. The summed E-state index contributed by atoms with van der Waals surface area (Å²) in [5.41, 5.74) is 3.93. The number of aromatic nitrogens is 2. The predicted molar refractivity (Wildman–Crippen MR) is 121 cm³/mol. The Balaban J connectivity index is 1.64. The fourth-order valence-electron chi connectivity index (χ4n) is 3.44. The minimum atomic E-state index is 0.0721. The molecule has 29 heavy (non-hydrogen) atoms. The van der Waals surface area contributed by atoms with Gasteiger partial charge in [0.2, 0.25) is 5.91 Å². The smallest absolute Gasteiger partial charge is 0.237 e. The molecule has 1 heterocycles. The summed E-state index contributed by atoms with van der Waals surface area (Å²) in [6.45, 7) is 4.07. The van der Waals surface area contributed by atoms with Gasteiger partial charge in [-0.15, -0.1) is 0 Å². The van der Waals surface area contributed by atoms with E-state index >= 15 is 0 Å². The summed E-state index contributed by atoms with van der Waals surface area (Å²) in [5, 5.41) is 0.822. The van der Waals surface area contributed by atoms with E-state index in [1.165, 1.54) is 11.8 Å². The van der Waals surface area contributed by atoms with Crippen molar-refractivity contribution < 1.29 is 4.79 Å². The van der Waals surface area contributed by atoms with Crippen LogP contribution in [-0.4, -0.2) is 27.3 Å². The second-order valence-corrected chi connectivity index (χ2v) is 7.98. The van der Waals surface area contributed by atoms with Gasteiger partial charge in [0.15, 0.2) is 5.16 Å². The third-order valence-corrected chi connectivity index (χ3v) is 5.61. The quantitative estimate of drug-likeness (QED) is 0.397. The molecule has 0 spiro atoms. The molecule has 0 aliphatic rings. The van der Waals surface area contributed by atoms with Gasteiger partial charge in [-0.1, -0.05) is 60.3 Å². The first-order valence-corrected chi connectivity index (χ1v) is 10.7. The highest BCUT2D eigenvalue weighted by molar-refractivity contribution is 7.99. The monoisotopic (exact) mass is 401 g/mol. The fraction of sp³-hybridized carbons (Fsp3) is 0.167. The third kappa shape index (κ3) is 4.05. The van der Waals surface area contributed by atoms with Crippen molar-refractivity contribution in [2.45, 2.75) is 25.0 Å². The van der Waals surface area contributed by atoms with Gasteiger partial charge in [0.25, 0.3) is 0 Å². The van der Waals surface area contributed by atoms with E-state index in [9.17, 15) is 4.79 Å². The summed E-state index contributed by atoms with van der Waals surface area (Å²) < 4.78 is 2.12. The van der Waals surface area contributed by atoms with Crippen LogP contribution >= 0.6 is 11.8 Å². The SMILES string of the molecule is CC(C)N(C(=O)CSc1nc2ccccc2n1-c1ccccc1)c1ccccc1. The summed E-state index contributed by atoms with van der Waals surface area (Å²) in [5.74, 6) is 0.395. The molecule has 0 aliphatic carbocycles. The number of hydrogen-bond donors (Lipinski definition) is 0. The molecule has 0 saturated carbocycles. The standard InChI is InChI=1S/C24H23N3OS/c1-18(2)26(19-11-5-3-6-12-19)23(28)17-29-24-25-21-15-9-10-16-22(21)27(24)20-13-7-4-8-14-20/h3-16,18H,17H2,1-2H3. The van der Waals surface area contributed by atoms with E-state index in [-0.39, 0.29) is 11.9 Å². The van der Waals surface area contributed by atoms with Gasteiger partial charge in [-0.05, 0) is 50.2 Å². The summed E-state index contributed by atoms with van der Waals surface area (Å²) >= 11 is 1.48. The Bertz CT molecular complexity index is 1110. The van der Waals surface area contributed by atoms with Crippen LogP contribution < -0.4 is 4.90 Å². The maximum absolute atomic E-state index is 13.1. The molecule has 0 N–H and O–H groups in total. The zero-order valence-electron chi connectivity index (χ0n) is 16.5. The van der Waals surface area contributed by atoms with E-state index in [1.807, 2.05) is 85.5 Å². The van der Waals surface area contributed by atoms with Crippen LogP contribution in [0.5, 0.6) is 0 Å². The first-order valence-electron chi connectivity index (χ1n) is 9.68. The van der Waals surface area contributed by atoms with Crippen molar-refractivity contribution in [1.29, 1.82) is 0 Å². The maximum Gasteiger partial charge on any atom is 0.237 e. The molecule has 5 heteroatoms. The molecule has 1 aromatic heterocycles. The van der Waals surface area contributed by atoms with Gasteiger partial charge in [0.1, 0.15) is 0 Å². The molecule has 0 saturated heterocycles. The molecule has 0 radical (unpaired) electrons. The number of amides is 1. The lowest BCUT2D eigenvalue weighted by molar-refractivity contribution is -0.116. The number of nitrogens with zero attached hydrogens (tertiary/aromatic N) is 3. The number of imidazole rings is 1. The molecular weight excluding hydrogens is 378 g/mol. The van der Waals surface area contributed by atoms with Crippen molar-refractivity contribution in [3.05, 3.63) is 84.9 Å². The summed E-state index contributed by atoms with van der Waals surface area (Å²) in [6, 6.07) is 28.1. The van der Waals surface area contributed by atoms with Crippen molar-refractivity contribution >= 4 is 34.4 Å². The van der Waals surface area contributed by atoms with Crippen LogP contribution in [0.1, 0.15) is 13.8 Å². The van der Waals surface area contributed by atoms with Crippen LogP contribution in [0.2, 0.25) is 0 Å². The van der Waals surface area contributed by atoms with Gasteiger partial charge >= 0.3 is 0 Å². The predicted octanol–water partition coefficient (Wildman–Crippen LogP) is 5.56. The van der Waals surface area contributed by atoms with E-state index in [4.69, 9.17) is 4.98 Å². The molecule has 4 nitrogen and oxygen atoms in total. The highest BCUT2D eigenvalue weighted by atomic mass is 32.2. The van der Waals surface area contributed by atoms with Crippen molar-refractivity contribution in [2.24, 2.45) is 0 Å². The van der Waals surface area contributed by atoms with Gasteiger partial charge in [0, 0.05) is 17.4 Å². The van der Waals surface area contributed by atoms with E-state index in [0.717, 1.165) is 27.6 Å². The average Bonchev–Trinajstić information content (AvgIpc) is 3.12. The number of thioether (sulfide) groups is 1. The number of para-hydroxylation sites is 4. The van der Waals surface area contributed by atoms with E-state index in [2.05, 4.69) is 22.8 Å². The summed E-state index contributed by atoms with van der Waals surface area (Å²) in [4.78, 5) is 19.7. The lowest BCUT2D eigenvalue weighted by Gasteiger charge is -2.26. The third-order valence-electron chi connectivity index (χ3n) is 4.69. The summed E-state index contributed by atoms with van der Waals surface area (Å²) in [7, 11) is 0. The van der Waals surface area contributed by atoms with Crippen molar-refractivity contribution in [2.75, 3.05) is 10.7 Å². The number of anilines is 1. The highest BCUT2D eigenvalue weighted by Gasteiger charge is 2.21. The minimum absolute atomic E-state index is 0.0721. The van der Waals surface area contributed by atoms with Crippen molar-refractivity contribution in [1.82, 2.24) is 9.55 Å². The number of carbonyl (C=O) groups is 1. The van der Waals surface area contributed by atoms with Crippen molar-refractivity contribution in [3.63, 3.8) is 0 Å². The maximum atomic E-state index is 13.1. The Morgan fingerprint density at radius 1 is 0.931 bits per heavy atom. The number of hydrogen-bond acceptors (Lipinski definition) is 3. The molecule has 0 bridgehead atoms. The minimum Gasteiger partial charge on any atom is -0.309 e. The van der Waals surface area contributed by atoms with E-state index < -0.39 is 0 Å².